The van der Waals surface area contributed by atoms with E-state index in [1.54, 1.807) is 37.1 Å². The van der Waals surface area contributed by atoms with Crippen LogP contribution in [0.5, 0.6) is 5.75 Å². The number of carbonyl (C=O) groups is 1. The first-order valence-electron chi connectivity index (χ1n) is 5.75. The molecule has 0 atom stereocenters. The van der Waals surface area contributed by atoms with Crippen LogP contribution in [0.2, 0.25) is 0 Å². The van der Waals surface area contributed by atoms with Gasteiger partial charge in [-0.3, -0.25) is 4.79 Å². The Morgan fingerprint density at radius 3 is 2.72 bits per heavy atom. The Kier molecular flexibility index (Phi) is 5.17. The Hall–Kier alpha value is -2.04. The average molecular weight is 250 g/mol. The number of rotatable bonds is 5. The predicted molar refractivity (Wildman–Crippen MR) is 69.2 cm³/mol. The Labute approximate surface area is 107 Å². The first-order valence-corrected chi connectivity index (χ1v) is 5.75. The summed E-state index contributed by atoms with van der Waals surface area (Å²) >= 11 is 0. The normalized spacial score (nSPS) is 11.2. The van der Waals surface area contributed by atoms with Crippen molar-refractivity contribution in [2.24, 2.45) is 5.16 Å². The number of benzene rings is 1. The molecule has 0 fully saturated rings. The second-order valence-electron chi connectivity index (χ2n) is 3.88. The molecule has 0 bridgehead atoms. The third-order valence-corrected chi connectivity index (χ3v) is 2.68. The molecule has 0 aliphatic heterocycles. The lowest BCUT2D eigenvalue weighted by Gasteiger charge is -2.16. The topological polar surface area (TPSA) is 62.1 Å². The van der Waals surface area contributed by atoms with Gasteiger partial charge in [0.05, 0.1) is 5.71 Å². The van der Waals surface area contributed by atoms with Crippen LogP contribution in [0.15, 0.2) is 29.4 Å². The minimum absolute atomic E-state index is 0.0277. The smallest absolute Gasteiger partial charge is 0.260 e. The monoisotopic (exact) mass is 250 g/mol. The molecular weight excluding hydrogens is 232 g/mol. The molecule has 0 aliphatic rings. The van der Waals surface area contributed by atoms with E-state index >= 15 is 0 Å². The fourth-order valence-corrected chi connectivity index (χ4v) is 1.37. The van der Waals surface area contributed by atoms with Crippen molar-refractivity contribution in [3.8, 4) is 5.75 Å². The molecule has 98 valence electrons. The van der Waals surface area contributed by atoms with E-state index in [-0.39, 0.29) is 12.5 Å². The summed E-state index contributed by atoms with van der Waals surface area (Å²) < 4.78 is 5.46. The van der Waals surface area contributed by atoms with E-state index in [1.165, 1.54) is 0 Å². The van der Waals surface area contributed by atoms with Gasteiger partial charge in [-0.25, -0.2) is 0 Å². The molecule has 0 radical (unpaired) electrons. The SMILES string of the molecule is CCN(C)C(=O)COc1ccccc1/C(C)=N/O. The van der Waals surface area contributed by atoms with Gasteiger partial charge >= 0.3 is 0 Å². The summed E-state index contributed by atoms with van der Waals surface area (Å²) in [6.45, 7) is 4.18. The maximum Gasteiger partial charge on any atom is 0.260 e. The van der Waals surface area contributed by atoms with Crippen LogP contribution in [-0.4, -0.2) is 41.9 Å². The molecular formula is C13H18N2O3. The van der Waals surface area contributed by atoms with Crippen LogP contribution < -0.4 is 4.74 Å². The van der Waals surface area contributed by atoms with Crippen molar-refractivity contribution in [3.63, 3.8) is 0 Å². The van der Waals surface area contributed by atoms with Gasteiger partial charge in [0.25, 0.3) is 5.91 Å². The number of likely N-dealkylation sites (N-methyl/N-ethyl adjacent to an activating group) is 1. The van der Waals surface area contributed by atoms with Crippen LogP contribution >= 0.6 is 0 Å². The average Bonchev–Trinajstić information content (AvgIpc) is 2.43. The third kappa shape index (κ3) is 3.48. The summed E-state index contributed by atoms with van der Waals surface area (Å²) in [6.07, 6.45) is 0. The molecule has 18 heavy (non-hydrogen) atoms. The highest BCUT2D eigenvalue weighted by atomic mass is 16.5. The van der Waals surface area contributed by atoms with E-state index < -0.39 is 0 Å². The second kappa shape index (κ2) is 6.64. The molecule has 1 amide bonds. The Balaban J connectivity index is 2.77. The number of hydrogen-bond acceptors (Lipinski definition) is 4. The molecule has 0 heterocycles. The van der Waals surface area contributed by atoms with E-state index in [4.69, 9.17) is 9.94 Å². The Morgan fingerprint density at radius 1 is 1.44 bits per heavy atom. The van der Waals surface area contributed by atoms with Crippen molar-refractivity contribution in [1.29, 1.82) is 0 Å². The summed E-state index contributed by atoms with van der Waals surface area (Å²) in [5.41, 5.74) is 1.12. The standard InChI is InChI=1S/C13H18N2O3/c1-4-15(3)13(16)9-18-12-8-6-5-7-11(12)10(2)14-17/h5-8,17H,4,9H2,1-3H3/b14-10+. The fourth-order valence-electron chi connectivity index (χ4n) is 1.37. The van der Waals surface area contributed by atoms with Gasteiger partial charge in [-0.05, 0) is 26.0 Å². The number of oxime groups is 1. The molecule has 1 aromatic rings. The van der Waals surface area contributed by atoms with Gasteiger partial charge in [0.15, 0.2) is 6.61 Å². The molecule has 0 unspecified atom stereocenters. The van der Waals surface area contributed by atoms with Gasteiger partial charge < -0.3 is 14.8 Å². The number of ether oxygens (including phenoxy) is 1. The predicted octanol–water partition coefficient (Wildman–Crippen LogP) is 1.74. The van der Waals surface area contributed by atoms with Gasteiger partial charge in [-0.2, -0.15) is 0 Å². The molecule has 0 aliphatic carbocycles. The van der Waals surface area contributed by atoms with Gasteiger partial charge in [-0.1, -0.05) is 17.3 Å². The number of nitrogens with zero attached hydrogens (tertiary/aromatic N) is 2. The lowest BCUT2D eigenvalue weighted by molar-refractivity contribution is -0.131. The second-order valence-corrected chi connectivity index (χ2v) is 3.88. The van der Waals surface area contributed by atoms with E-state index in [0.717, 1.165) is 0 Å². The fraction of sp³-hybridized carbons (Fsp3) is 0.385. The van der Waals surface area contributed by atoms with Crippen molar-refractivity contribution in [3.05, 3.63) is 29.8 Å². The number of carbonyl (C=O) groups excluding carboxylic acids is 1. The number of hydrogen-bond donors (Lipinski definition) is 1. The molecule has 0 saturated heterocycles. The van der Waals surface area contributed by atoms with E-state index in [2.05, 4.69) is 5.16 Å². The van der Waals surface area contributed by atoms with Crippen LogP contribution in [-0.2, 0) is 4.79 Å². The van der Waals surface area contributed by atoms with Crippen LogP contribution in [0.25, 0.3) is 0 Å². The highest BCUT2D eigenvalue weighted by molar-refractivity contribution is 6.00. The van der Waals surface area contributed by atoms with Crippen molar-refractivity contribution in [1.82, 2.24) is 4.90 Å². The third-order valence-electron chi connectivity index (χ3n) is 2.68. The molecule has 1 rings (SSSR count). The largest absolute Gasteiger partial charge is 0.483 e. The maximum atomic E-state index is 11.6. The quantitative estimate of drug-likeness (QED) is 0.492. The van der Waals surface area contributed by atoms with E-state index in [1.807, 2.05) is 13.0 Å². The van der Waals surface area contributed by atoms with Crippen molar-refractivity contribution in [2.45, 2.75) is 13.8 Å². The lowest BCUT2D eigenvalue weighted by Crippen LogP contribution is -2.31. The summed E-state index contributed by atoms with van der Waals surface area (Å²) in [6, 6.07) is 7.13. The molecule has 5 heteroatoms. The van der Waals surface area contributed by atoms with Gasteiger partial charge in [-0.15, -0.1) is 0 Å². The molecule has 1 aromatic carbocycles. The summed E-state index contributed by atoms with van der Waals surface area (Å²) in [5, 5.41) is 11.9. The highest BCUT2D eigenvalue weighted by Gasteiger charge is 2.11. The minimum atomic E-state index is -0.0918. The molecule has 0 saturated carbocycles. The summed E-state index contributed by atoms with van der Waals surface area (Å²) in [7, 11) is 1.72. The zero-order valence-electron chi connectivity index (χ0n) is 10.9. The van der Waals surface area contributed by atoms with E-state index in [0.29, 0.717) is 23.6 Å². The van der Waals surface area contributed by atoms with Gasteiger partial charge in [0.1, 0.15) is 5.75 Å². The van der Waals surface area contributed by atoms with Crippen LogP contribution in [0, 0.1) is 0 Å². The zero-order chi connectivity index (χ0) is 13.5. The highest BCUT2D eigenvalue weighted by Crippen LogP contribution is 2.18. The lowest BCUT2D eigenvalue weighted by atomic mass is 10.1. The Bertz CT molecular complexity index is 444. The molecule has 0 spiro atoms. The molecule has 5 nitrogen and oxygen atoms in total. The first-order chi connectivity index (χ1) is 8.60. The van der Waals surface area contributed by atoms with Crippen LogP contribution in [0.4, 0.5) is 0 Å². The van der Waals surface area contributed by atoms with Crippen molar-refractivity contribution >= 4 is 11.6 Å². The number of amides is 1. The molecule has 1 N–H and O–H groups in total. The maximum absolute atomic E-state index is 11.6. The van der Waals surface area contributed by atoms with Gasteiger partial charge in [0, 0.05) is 19.2 Å². The Morgan fingerprint density at radius 2 is 2.11 bits per heavy atom. The van der Waals surface area contributed by atoms with Crippen LogP contribution in [0.1, 0.15) is 19.4 Å². The summed E-state index contributed by atoms with van der Waals surface area (Å²) in [5.74, 6) is 0.441. The van der Waals surface area contributed by atoms with E-state index in [9.17, 15) is 4.79 Å². The van der Waals surface area contributed by atoms with Crippen molar-refractivity contribution in [2.75, 3.05) is 20.2 Å². The minimum Gasteiger partial charge on any atom is -0.483 e. The van der Waals surface area contributed by atoms with Gasteiger partial charge in [0.2, 0.25) is 0 Å². The number of para-hydroxylation sites is 1. The zero-order valence-corrected chi connectivity index (χ0v) is 10.9. The van der Waals surface area contributed by atoms with Crippen molar-refractivity contribution < 1.29 is 14.7 Å². The summed E-state index contributed by atoms with van der Waals surface area (Å²) in [4.78, 5) is 13.2. The molecule has 0 aromatic heterocycles. The van der Waals surface area contributed by atoms with Crippen LogP contribution in [0.3, 0.4) is 0 Å². The first kappa shape index (κ1) is 14.0.